The smallest absolute Gasteiger partial charge is 0.310 e. The number of carbonyl (C=O) groups is 1. The summed E-state index contributed by atoms with van der Waals surface area (Å²) in [5.74, 6) is 1.12. The largest absolute Gasteiger partial charge is 0.466 e. The lowest BCUT2D eigenvalue weighted by Gasteiger charge is -2.31. The van der Waals surface area contributed by atoms with Crippen LogP contribution in [0.5, 0.6) is 0 Å². The van der Waals surface area contributed by atoms with E-state index in [2.05, 4.69) is 36.1 Å². The number of benzene rings is 1. The molecule has 0 saturated carbocycles. The minimum absolute atomic E-state index is 0.0200. The van der Waals surface area contributed by atoms with Crippen molar-refractivity contribution in [1.29, 1.82) is 0 Å². The Morgan fingerprint density at radius 3 is 2.86 bits per heavy atom. The van der Waals surface area contributed by atoms with Crippen LogP contribution in [0.2, 0.25) is 0 Å². The topological polar surface area (TPSA) is 29.5 Å². The van der Waals surface area contributed by atoms with Crippen LogP contribution in [0.15, 0.2) is 29.2 Å². The van der Waals surface area contributed by atoms with Crippen LogP contribution in [-0.2, 0) is 9.53 Å². The summed E-state index contributed by atoms with van der Waals surface area (Å²) in [5.41, 5.74) is 1.30. The summed E-state index contributed by atoms with van der Waals surface area (Å²) in [6.07, 6.45) is 2.07. The fourth-order valence-electron chi connectivity index (χ4n) is 2.64. The van der Waals surface area contributed by atoms with Crippen LogP contribution >= 0.6 is 11.8 Å². The van der Waals surface area contributed by atoms with Gasteiger partial charge >= 0.3 is 5.97 Å². The Morgan fingerprint density at radius 2 is 2.14 bits per heavy atom. The number of rotatable bonds is 6. The van der Waals surface area contributed by atoms with Crippen molar-refractivity contribution in [3.8, 4) is 0 Å². The van der Waals surface area contributed by atoms with Crippen molar-refractivity contribution >= 4 is 17.7 Å². The summed E-state index contributed by atoms with van der Waals surface area (Å²) in [6.45, 7) is 7.46. The Kier molecular flexibility index (Phi) is 6.58. The first-order chi connectivity index (χ1) is 10.2. The van der Waals surface area contributed by atoms with Crippen molar-refractivity contribution in [2.75, 3.05) is 32.0 Å². The quantitative estimate of drug-likeness (QED) is 0.595. The van der Waals surface area contributed by atoms with Crippen LogP contribution in [0.4, 0.5) is 0 Å². The van der Waals surface area contributed by atoms with E-state index in [1.54, 1.807) is 0 Å². The molecule has 1 atom stereocenters. The number of thioether (sulfide) groups is 1. The highest BCUT2D eigenvalue weighted by molar-refractivity contribution is 7.99. The highest BCUT2D eigenvalue weighted by atomic mass is 32.2. The third kappa shape index (κ3) is 5.36. The van der Waals surface area contributed by atoms with Crippen LogP contribution in [0, 0.1) is 12.8 Å². The maximum atomic E-state index is 11.8. The molecule has 116 valence electrons. The number of hydrogen-bond acceptors (Lipinski definition) is 4. The minimum Gasteiger partial charge on any atom is -0.466 e. The second-order valence-corrected chi connectivity index (χ2v) is 6.72. The van der Waals surface area contributed by atoms with E-state index in [9.17, 15) is 4.79 Å². The normalized spacial score (nSPS) is 19.4. The number of likely N-dealkylation sites (tertiary alicyclic amines) is 1. The van der Waals surface area contributed by atoms with Crippen molar-refractivity contribution in [2.45, 2.75) is 31.6 Å². The molecule has 1 aliphatic heterocycles. The third-order valence-electron chi connectivity index (χ3n) is 3.82. The first kappa shape index (κ1) is 16.4. The molecule has 4 heteroatoms. The molecule has 2 rings (SSSR count). The van der Waals surface area contributed by atoms with E-state index in [-0.39, 0.29) is 11.9 Å². The zero-order chi connectivity index (χ0) is 15.1. The molecule has 0 radical (unpaired) electrons. The standard InChI is InChI=1S/C17H25NO2S/c1-3-20-17(19)15-5-4-10-18(13-15)11-12-21-16-8-6-14(2)7-9-16/h6-9,15H,3-5,10-13H2,1-2H3/t15-/m0/s1. The summed E-state index contributed by atoms with van der Waals surface area (Å²) >= 11 is 1.88. The van der Waals surface area contributed by atoms with Gasteiger partial charge in [-0.1, -0.05) is 17.7 Å². The second-order valence-electron chi connectivity index (χ2n) is 5.55. The summed E-state index contributed by atoms with van der Waals surface area (Å²) < 4.78 is 5.14. The first-order valence-electron chi connectivity index (χ1n) is 7.77. The lowest BCUT2D eigenvalue weighted by atomic mass is 9.98. The number of carbonyl (C=O) groups excluding carboxylic acids is 1. The van der Waals surface area contributed by atoms with Gasteiger partial charge in [0.05, 0.1) is 12.5 Å². The zero-order valence-corrected chi connectivity index (χ0v) is 13.8. The lowest BCUT2D eigenvalue weighted by Crippen LogP contribution is -2.40. The Labute approximate surface area is 132 Å². The van der Waals surface area contributed by atoms with E-state index < -0.39 is 0 Å². The average molecular weight is 307 g/mol. The molecule has 0 spiro atoms. The average Bonchev–Trinajstić information content (AvgIpc) is 2.50. The zero-order valence-electron chi connectivity index (χ0n) is 13.0. The van der Waals surface area contributed by atoms with Crippen molar-refractivity contribution in [3.05, 3.63) is 29.8 Å². The molecule has 1 heterocycles. The number of esters is 1. The van der Waals surface area contributed by atoms with Crippen molar-refractivity contribution in [2.24, 2.45) is 5.92 Å². The maximum Gasteiger partial charge on any atom is 0.310 e. The molecule has 1 fully saturated rings. The number of hydrogen-bond donors (Lipinski definition) is 0. The van der Waals surface area contributed by atoms with Gasteiger partial charge in [0.15, 0.2) is 0 Å². The summed E-state index contributed by atoms with van der Waals surface area (Å²) in [6, 6.07) is 8.66. The van der Waals surface area contributed by atoms with Crippen LogP contribution in [-0.4, -0.2) is 42.9 Å². The highest BCUT2D eigenvalue weighted by Crippen LogP contribution is 2.21. The molecular formula is C17H25NO2S. The molecule has 0 aromatic heterocycles. The van der Waals surface area contributed by atoms with E-state index in [4.69, 9.17) is 4.74 Å². The maximum absolute atomic E-state index is 11.8. The van der Waals surface area contributed by atoms with Gasteiger partial charge in [-0.15, -0.1) is 11.8 Å². The fourth-order valence-corrected chi connectivity index (χ4v) is 3.55. The SMILES string of the molecule is CCOC(=O)[C@H]1CCCN(CCSc2ccc(C)cc2)C1. The summed E-state index contributed by atoms with van der Waals surface area (Å²) in [5, 5.41) is 0. The second kappa shape index (κ2) is 8.44. The molecule has 0 bridgehead atoms. The summed E-state index contributed by atoms with van der Waals surface area (Å²) in [4.78, 5) is 15.5. The minimum atomic E-state index is -0.0200. The number of ether oxygens (including phenoxy) is 1. The Bertz CT molecular complexity index is 447. The van der Waals surface area contributed by atoms with E-state index in [0.717, 1.165) is 38.2 Å². The van der Waals surface area contributed by atoms with Gasteiger partial charge in [0, 0.05) is 23.7 Å². The number of piperidine rings is 1. The molecular weight excluding hydrogens is 282 g/mol. The Hall–Kier alpha value is -1.00. The molecule has 0 N–H and O–H groups in total. The monoisotopic (exact) mass is 307 g/mol. The molecule has 3 nitrogen and oxygen atoms in total. The Balaban J connectivity index is 1.72. The van der Waals surface area contributed by atoms with Gasteiger partial charge in [0.2, 0.25) is 0 Å². The highest BCUT2D eigenvalue weighted by Gasteiger charge is 2.26. The molecule has 0 amide bonds. The van der Waals surface area contributed by atoms with Gasteiger partial charge in [-0.3, -0.25) is 4.79 Å². The molecule has 0 unspecified atom stereocenters. The molecule has 1 aromatic carbocycles. The van der Waals surface area contributed by atoms with E-state index in [1.165, 1.54) is 10.5 Å². The van der Waals surface area contributed by atoms with Crippen molar-refractivity contribution in [3.63, 3.8) is 0 Å². The molecule has 0 aliphatic carbocycles. The van der Waals surface area contributed by atoms with E-state index in [1.807, 2.05) is 18.7 Å². The first-order valence-corrected chi connectivity index (χ1v) is 8.76. The predicted molar refractivity (Wildman–Crippen MR) is 87.7 cm³/mol. The molecule has 21 heavy (non-hydrogen) atoms. The fraction of sp³-hybridized carbons (Fsp3) is 0.588. The van der Waals surface area contributed by atoms with Crippen LogP contribution in [0.3, 0.4) is 0 Å². The predicted octanol–water partition coefficient (Wildman–Crippen LogP) is 3.36. The van der Waals surface area contributed by atoms with Gasteiger partial charge in [-0.25, -0.2) is 0 Å². The summed E-state index contributed by atoms with van der Waals surface area (Å²) in [7, 11) is 0. The lowest BCUT2D eigenvalue weighted by molar-refractivity contribution is -0.149. The van der Waals surface area contributed by atoms with Gasteiger partial charge < -0.3 is 9.64 Å². The van der Waals surface area contributed by atoms with Gasteiger partial charge in [0.25, 0.3) is 0 Å². The van der Waals surface area contributed by atoms with Crippen LogP contribution < -0.4 is 0 Å². The van der Waals surface area contributed by atoms with Crippen molar-refractivity contribution in [1.82, 2.24) is 4.90 Å². The number of aryl methyl sites for hydroxylation is 1. The molecule has 1 aliphatic rings. The van der Waals surface area contributed by atoms with Gasteiger partial charge in [-0.2, -0.15) is 0 Å². The van der Waals surface area contributed by atoms with E-state index in [0.29, 0.717) is 6.61 Å². The van der Waals surface area contributed by atoms with Crippen molar-refractivity contribution < 1.29 is 9.53 Å². The molecule has 1 aromatic rings. The third-order valence-corrected chi connectivity index (χ3v) is 4.81. The molecule has 1 saturated heterocycles. The van der Waals surface area contributed by atoms with Gasteiger partial charge in [-0.05, 0) is 45.4 Å². The Morgan fingerprint density at radius 1 is 1.38 bits per heavy atom. The van der Waals surface area contributed by atoms with Crippen LogP contribution in [0.25, 0.3) is 0 Å². The number of nitrogens with zero attached hydrogens (tertiary/aromatic N) is 1. The van der Waals surface area contributed by atoms with Crippen LogP contribution in [0.1, 0.15) is 25.3 Å². The van der Waals surface area contributed by atoms with E-state index >= 15 is 0 Å². The van der Waals surface area contributed by atoms with Gasteiger partial charge in [0.1, 0.15) is 0 Å².